The zero-order valence-electron chi connectivity index (χ0n) is 20.5. The molecule has 1 N–H and O–H groups in total. The Morgan fingerprint density at radius 1 is 1.00 bits per heavy atom. The molecule has 1 aromatic carbocycles. The van der Waals surface area contributed by atoms with Crippen molar-refractivity contribution in [3.05, 3.63) is 83.6 Å². The molecule has 3 aliphatic rings. The summed E-state index contributed by atoms with van der Waals surface area (Å²) >= 11 is 0. The topological polar surface area (TPSA) is 111 Å². The summed E-state index contributed by atoms with van der Waals surface area (Å²) in [7, 11) is -3.49. The molecule has 11 heteroatoms. The lowest BCUT2D eigenvalue weighted by Gasteiger charge is -2.35. The van der Waals surface area contributed by atoms with Crippen LogP contribution >= 0.6 is 0 Å². The van der Waals surface area contributed by atoms with Gasteiger partial charge in [0.2, 0.25) is 10.0 Å². The molecule has 2 fully saturated rings. The molecule has 8 nitrogen and oxygen atoms in total. The summed E-state index contributed by atoms with van der Waals surface area (Å²) < 4.78 is 54.8. The highest BCUT2D eigenvalue weighted by Crippen LogP contribution is 2.86. The Labute approximate surface area is 217 Å². The van der Waals surface area contributed by atoms with E-state index in [9.17, 15) is 17.2 Å². The minimum Gasteiger partial charge on any atom is -0.268 e. The Morgan fingerprint density at radius 2 is 1.79 bits per heavy atom. The van der Waals surface area contributed by atoms with E-state index < -0.39 is 27.1 Å². The number of sulfonamides is 1. The van der Waals surface area contributed by atoms with Gasteiger partial charge in [0.15, 0.2) is 0 Å². The minimum atomic E-state index is -3.49. The first-order valence-electron chi connectivity index (χ1n) is 12.2. The smallest absolute Gasteiger partial charge is 0.230 e. The van der Waals surface area contributed by atoms with Gasteiger partial charge in [0, 0.05) is 23.4 Å². The van der Waals surface area contributed by atoms with Crippen LogP contribution in [0, 0.1) is 17.0 Å². The van der Waals surface area contributed by atoms with E-state index in [2.05, 4.69) is 31.8 Å². The van der Waals surface area contributed by atoms with Gasteiger partial charge in [0.05, 0.1) is 46.2 Å². The number of nitrogens with one attached hydrogen (secondary N) is 1. The second kappa shape index (κ2) is 7.37. The van der Waals surface area contributed by atoms with Crippen LogP contribution in [0.3, 0.4) is 0 Å². The summed E-state index contributed by atoms with van der Waals surface area (Å²) in [6.07, 6.45) is 8.59. The van der Waals surface area contributed by atoms with Gasteiger partial charge in [-0.15, -0.1) is 5.10 Å². The van der Waals surface area contributed by atoms with Crippen LogP contribution in [0.4, 0.5) is 14.6 Å². The fraction of sp³-hybridized carbons (Fsp3) is 0.296. The van der Waals surface area contributed by atoms with E-state index in [0.717, 1.165) is 42.5 Å². The second-order valence-electron chi connectivity index (χ2n) is 10.7. The van der Waals surface area contributed by atoms with Crippen LogP contribution in [0.25, 0.3) is 22.5 Å². The van der Waals surface area contributed by atoms with E-state index in [1.165, 1.54) is 24.4 Å². The maximum Gasteiger partial charge on any atom is 0.230 e. The highest BCUT2D eigenvalue weighted by molar-refractivity contribution is 7.92. The first-order valence-corrected chi connectivity index (χ1v) is 14.1. The molecule has 3 aliphatic carbocycles. The number of halogens is 2. The van der Waals surface area contributed by atoms with Gasteiger partial charge < -0.3 is 0 Å². The number of benzene rings is 1. The van der Waals surface area contributed by atoms with Crippen LogP contribution in [0.15, 0.2) is 55.0 Å². The average Bonchev–Trinajstić information content (AvgIpc) is 3.35. The first kappa shape index (κ1) is 23.3. The summed E-state index contributed by atoms with van der Waals surface area (Å²) in [5.41, 5.74) is 2.93. The van der Waals surface area contributed by atoms with Crippen molar-refractivity contribution in [1.29, 1.82) is 0 Å². The van der Waals surface area contributed by atoms with Gasteiger partial charge >= 0.3 is 0 Å². The van der Waals surface area contributed by atoms with Crippen molar-refractivity contribution < 1.29 is 17.2 Å². The lowest BCUT2D eigenvalue weighted by atomic mass is 9.69. The van der Waals surface area contributed by atoms with Crippen LogP contribution in [0.2, 0.25) is 0 Å². The summed E-state index contributed by atoms with van der Waals surface area (Å²) in [5.74, 6) is -1.16. The Hall–Kier alpha value is -3.86. The van der Waals surface area contributed by atoms with Gasteiger partial charge in [-0.2, -0.15) is 5.10 Å². The number of hydrogen-bond donors (Lipinski definition) is 1. The largest absolute Gasteiger partial charge is 0.268 e. The SMILES string of the molecule is CC12CC13CC[C@]2(c1cncc(-c2ccnc(NS(C)(=O)=O)c2)n1)c1nnc(-c2c(F)cccc2F)cc13. The number of fused-ring (bicyclic) bond motifs is 2. The molecule has 4 aromatic rings. The molecule has 0 saturated heterocycles. The molecule has 2 bridgehead atoms. The van der Waals surface area contributed by atoms with Crippen molar-refractivity contribution in [3.63, 3.8) is 0 Å². The predicted molar refractivity (Wildman–Crippen MR) is 136 cm³/mol. The van der Waals surface area contributed by atoms with Crippen LogP contribution in [0.5, 0.6) is 0 Å². The van der Waals surface area contributed by atoms with Crippen molar-refractivity contribution in [2.45, 2.75) is 37.0 Å². The van der Waals surface area contributed by atoms with Gasteiger partial charge in [-0.25, -0.2) is 27.2 Å². The zero-order chi connectivity index (χ0) is 26.5. The maximum absolute atomic E-state index is 14.6. The molecule has 0 radical (unpaired) electrons. The molecule has 0 aliphatic heterocycles. The monoisotopic (exact) mass is 532 g/mol. The Kier molecular flexibility index (Phi) is 4.52. The number of anilines is 1. The van der Waals surface area contributed by atoms with Gasteiger partial charge in [0.1, 0.15) is 17.5 Å². The summed E-state index contributed by atoms with van der Waals surface area (Å²) in [6.45, 7) is 2.22. The summed E-state index contributed by atoms with van der Waals surface area (Å²) in [5, 5.41) is 8.88. The number of nitrogens with zero attached hydrogens (tertiary/aromatic N) is 5. The van der Waals surface area contributed by atoms with Crippen LogP contribution < -0.4 is 4.72 Å². The van der Waals surface area contributed by atoms with E-state index in [0.29, 0.717) is 11.3 Å². The highest BCUT2D eigenvalue weighted by atomic mass is 32.2. The number of rotatable bonds is 5. The standard InChI is InChI=1S/C27H22F2N6O2S/c1-25-14-26(25)7-8-27(25,24-16(26)11-19(33-34-24)23-17(28)4-3-5-18(23)29)21-13-30-12-20(32-21)15-6-9-31-22(10-15)35-38(2,36)37/h3-6,9-13H,7-8,14H2,1-2H3,(H,31,35)/t25?,26?,27-/m0/s1. The van der Waals surface area contributed by atoms with Crippen molar-refractivity contribution in [2.75, 3.05) is 11.0 Å². The molecule has 7 rings (SSSR count). The summed E-state index contributed by atoms with van der Waals surface area (Å²) in [6, 6.07) is 8.93. The van der Waals surface area contributed by atoms with Crippen molar-refractivity contribution >= 4 is 15.8 Å². The lowest BCUT2D eigenvalue weighted by molar-refractivity contribution is 0.334. The predicted octanol–water partition coefficient (Wildman–Crippen LogP) is 4.39. The minimum absolute atomic E-state index is 0.143. The van der Waals surface area contributed by atoms with E-state index in [1.54, 1.807) is 30.6 Å². The molecule has 2 saturated carbocycles. The van der Waals surface area contributed by atoms with Crippen LogP contribution in [-0.2, 0) is 20.9 Å². The molecule has 38 heavy (non-hydrogen) atoms. The average molecular weight is 533 g/mol. The van der Waals surface area contributed by atoms with Crippen molar-refractivity contribution in [2.24, 2.45) is 5.41 Å². The third-order valence-electron chi connectivity index (χ3n) is 8.81. The molecule has 3 atom stereocenters. The number of hydrogen-bond acceptors (Lipinski definition) is 7. The number of pyridine rings is 1. The third kappa shape index (κ3) is 2.93. The van der Waals surface area contributed by atoms with Gasteiger partial charge in [-0.05, 0) is 60.6 Å². The third-order valence-corrected chi connectivity index (χ3v) is 9.39. The fourth-order valence-electron chi connectivity index (χ4n) is 7.08. The fourth-order valence-corrected chi connectivity index (χ4v) is 7.57. The molecule has 0 spiro atoms. The molecule has 3 heterocycles. The molecule has 2 unspecified atom stereocenters. The van der Waals surface area contributed by atoms with Crippen molar-refractivity contribution in [3.8, 4) is 22.5 Å². The van der Waals surface area contributed by atoms with Crippen LogP contribution in [0.1, 0.15) is 43.1 Å². The van der Waals surface area contributed by atoms with E-state index in [4.69, 9.17) is 4.98 Å². The quantitative estimate of drug-likeness (QED) is 0.406. The molecule has 3 aromatic heterocycles. The molecular weight excluding hydrogens is 510 g/mol. The van der Waals surface area contributed by atoms with Gasteiger partial charge in [-0.3, -0.25) is 9.71 Å². The maximum atomic E-state index is 14.6. The zero-order valence-corrected chi connectivity index (χ0v) is 21.4. The van der Waals surface area contributed by atoms with E-state index in [1.807, 2.05) is 0 Å². The van der Waals surface area contributed by atoms with Crippen molar-refractivity contribution in [1.82, 2.24) is 25.1 Å². The van der Waals surface area contributed by atoms with Gasteiger partial charge in [-0.1, -0.05) is 13.0 Å². The molecule has 0 amide bonds. The van der Waals surface area contributed by atoms with E-state index in [-0.39, 0.29) is 27.9 Å². The Bertz CT molecular complexity index is 1760. The van der Waals surface area contributed by atoms with Gasteiger partial charge in [0.25, 0.3) is 0 Å². The Balaban J connectivity index is 1.35. The second-order valence-corrected chi connectivity index (χ2v) is 12.4. The van der Waals surface area contributed by atoms with E-state index >= 15 is 0 Å². The first-order chi connectivity index (χ1) is 18.1. The molecular formula is C27H22F2N6O2S. The lowest BCUT2D eigenvalue weighted by Crippen LogP contribution is -2.35. The summed E-state index contributed by atoms with van der Waals surface area (Å²) in [4.78, 5) is 13.6. The van der Waals surface area contributed by atoms with Crippen LogP contribution in [-0.4, -0.2) is 39.8 Å². The highest BCUT2D eigenvalue weighted by Gasteiger charge is 2.84. The molecule has 192 valence electrons. The Morgan fingerprint density at radius 3 is 2.53 bits per heavy atom. The number of aromatic nitrogens is 5. The normalized spacial score (nSPS) is 26.6.